The molecule has 21 heavy (non-hydrogen) atoms. The zero-order chi connectivity index (χ0) is 15.4. The van der Waals surface area contributed by atoms with Gasteiger partial charge in [-0.2, -0.15) is 5.10 Å². The van der Waals surface area contributed by atoms with Gasteiger partial charge in [-0.05, 0) is 31.5 Å². The van der Waals surface area contributed by atoms with Crippen molar-refractivity contribution in [2.75, 3.05) is 12.9 Å². The summed E-state index contributed by atoms with van der Waals surface area (Å²) in [6.07, 6.45) is 0. The highest BCUT2D eigenvalue weighted by Crippen LogP contribution is 2.21. The first-order valence-electron chi connectivity index (χ1n) is 6.20. The normalized spacial score (nSPS) is 10.4. The Labute approximate surface area is 126 Å². The molecule has 0 aliphatic rings. The standard InChI is InChI=1S/C14H15N3O3S/c1-8-4-5-10(20-3)6-11(8)12(18)7-21-14-15-13(19)9(2)16-17-14/h4-6H,7H2,1-3H3,(H,15,17,19)/p-1. The topological polar surface area (TPSA) is 88.0 Å². The van der Waals surface area contributed by atoms with E-state index in [1.54, 1.807) is 26.2 Å². The van der Waals surface area contributed by atoms with Crippen molar-refractivity contribution in [2.45, 2.75) is 19.0 Å². The molecule has 2 aromatic rings. The monoisotopic (exact) mass is 304 g/mol. The minimum atomic E-state index is -0.419. The molecule has 0 fully saturated rings. The minimum absolute atomic E-state index is 0.0759. The van der Waals surface area contributed by atoms with Gasteiger partial charge in [0.25, 0.3) is 0 Å². The summed E-state index contributed by atoms with van der Waals surface area (Å²) in [6, 6.07) is 5.33. The lowest BCUT2D eigenvalue weighted by atomic mass is 10.1. The van der Waals surface area contributed by atoms with Crippen molar-refractivity contribution in [3.63, 3.8) is 0 Å². The lowest BCUT2D eigenvalue weighted by molar-refractivity contribution is -0.277. The molecule has 6 nitrogen and oxygen atoms in total. The number of ether oxygens (including phenoxy) is 1. The van der Waals surface area contributed by atoms with Crippen molar-refractivity contribution in [3.8, 4) is 11.6 Å². The van der Waals surface area contributed by atoms with Gasteiger partial charge in [0.1, 0.15) is 5.75 Å². The Morgan fingerprint density at radius 2 is 2.10 bits per heavy atom. The number of nitrogens with zero attached hydrogens (tertiary/aromatic N) is 3. The van der Waals surface area contributed by atoms with Crippen molar-refractivity contribution in [3.05, 3.63) is 35.0 Å². The maximum absolute atomic E-state index is 12.2. The summed E-state index contributed by atoms with van der Waals surface area (Å²) in [5.41, 5.74) is 1.70. The lowest BCUT2D eigenvalue weighted by Crippen LogP contribution is -2.07. The predicted molar refractivity (Wildman–Crippen MR) is 76.8 cm³/mol. The Kier molecular flexibility index (Phi) is 4.74. The highest BCUT2D eigenvalue weighted by atomic mass is 32.2. The zero-order valence-electron chi connectivity index (χ0n) is 11.9. The molecule has 0 aliphatic carbocycles. The molecule has 0 amide bonds. The molecule has 7 heteroatoms. The number of carbonyl (C=O) groups excluding carboxylic acids is 1. The fourth-order valence-electron chi connectivity index (χ4n) is 1.65. The van der Waals surface area contributed by atoms with Crippen LogP contribution in [-0.4, -0.2) is 33.8 Å². The molecule has 1 aromatic heterocycles. The van der Waals surface area contributed by atoms with Crippen LogP contribution >= 0.6 is 11.8 Å². The van der Waals surface area contributed by atoms with E-state index < -0.39 is 5.88 Å². The number of hydrogen-bond donors (Lipinski definition) is 0. The van der Waals surface area contributed by atoms with Gasteiger partial charge >= 0.3 is 0 Å². The van der Waals surface area contributed by atoms with E-state index in [1.807, 2.05) is 13.0 Å². The van der Waals surface area contributed by atoms with Crippen LogP contribution in [-0.2, 0) is 0 Å². The van der Waals surface area contributed by atoms with Crippen molar-refractivity contribution >= 4 is 17.5 Å². The molecule has 110 valence electrons. The minimum Gasteiger partial charge on any atom is -0.857 e. The molecule has 2 rings (SSSR count). The maximum atomic E-state index is 12.2. The summed E-state index contributed by atoms with van der Waals surface area (Å²) in [6.45, 7) is 3.40. The molecular formula is C14H14N3O3S-. The highest BCUT2D eigenvalue weighted by Gasteiger charge is 2.12. The smallest absolute Gasteiger partial charge is 0.208 e. The first-order valence-corrected chi connectivity index (χ1v) is 7.19. The molecule has 0 unspecified atom stereocenters. The third-order valence-electron chi connectivity index (χ3n) is 2.87. The van der Waals surface area contributed by atoms with Gasteiger partial charge in [-0.3, -0.25) is 4.79 Å². The van der Waals surface area contributed by atoms with Gasteiger partial charge < -0.3 is 9.84 Å². The number of methoxy groups -OCH3 is 1. The Morgan fingerprint density at radius 3 is 2.76 bits per heavy atom. The van der Waals surface area contributed by atoms with Crippen LogP contribution in [0.25, 0.3) is 0 Å². The molecule has 1 heterocycles. The number of aryl methyl sites for hydroxylation is 2. The van der Waals surface area contributed by atoms with Gasteiger partial charge in [0.2, 0.25) is 5.16 Å². The highest BCUT2D eigenvalue weighted by molar-refractivity contribution is 7.99. The number of benzene rings is 1. The predicted octanol–water partition coefficient (Wildman–Crippen LogP) is 1.55. The number of rotatable bonds is 5. The number of Topliss-reactive ketones (excluding diaryl/α,β-unsaturated/α-hetero) is 1. The van der Waals surface area contributed by atoms with Crippen LogP contribution in [0, 0.1) is 13.8 Å². The van der Waals surface area contributed by atoms with Gasteiger partial charge in [-0.15, -0.1) is 5.10 Å². The van der Waals surface area contributed by atoms with Crippen LogP contribution in [0.15, 0.2) is 23.4 Å². The largest absolute Gasteiger partial charge is 0.857 e. The van der Waals surface area contributed by atoms with Crippen LogP contribution in [0.4, 0.5) is 0 Å². The van der Waals surface area contributed by atoms with Crippen molar-refractivity contribution < 1.29 is 14.6 Å². The van der Waals surface area contributed by atoms with E-state index in [-0.39, 0.29) is 22.4 Å². The molecular weight excluding hydrogens is 290 g/mol. The summed E-state index contributed by atoms with van der Waals surface area (Å²) in [5.74, 6) is 0.271. The average molecular weight is 304 g/mol. The molecule has 1 aromatic carbocycles. The number of hydrogen-bond acceptors (Lipinski definition) is 7. The third kappa shape index (κ3) is 3.69. The van der Waals surface area contributed by atoms with Crippen LogP contribution in [0.3, 0.4) is 0 Å². The van der Waals surface area contributed by atoms with E-state index in [9.17, 15) is 9.90 Å². The van der Waals surface area contributed by atoms with Gasteiger partial charge in [-0.1, -0.05) is 17.8 Å². The van der Waals surface area contributed by atoms with Crippen LogP contribution < -0.4 is 9.84 Å². The molecule has 0 aliphatic heterocycles. The van der Waals surface area contributed by atoms with E-state index >= 15 is 0 Å². The van der Waals surface area contributed by atoms with Gasteiger partial charge in [0.05, 0.1) is 18.6 Å². The molecule has 0 saturated heterocycles. The quantitative estimate of drug-likeness (QED) is 0.611. The first kappa shape index (κ1) is 15.2. The second-order valence-electron chi connectivity index (χ2n) is 4.38. The molecule has 0 bridgehead atoms. The van der Waals surface area contributed by atoms with E-state index in [4.69, 9.17) is 4.74 Å². The van der Waals surface area contributed by atoms with Crippen LogP contribution in [0.5, 0.6) is 11.6 Å². The number of carbonyl (C=O) groups is 1. The van der Waals surface area contributed by atoms with Gasteiger partial charge in [-0.25, -0.2) is 4.98 Å². The van der Waals surface area contributed by atoms with E-state index in [2.05, 4.69) is 15.2 Å². The summed E-state index contributed by atoms with van der Waals surface area (Å²) in [7, 11) is 1.55. The van der Waals surface area contributed by atoms with Gasteiger partial charge in [0.15, 0.2) is 5.78 Å². The van der Waals surface area contributed by atoms with Gasteiger partial charge in [0, 0.05) is 11.4 Å². The fraction of sp³-hybridized carbons (Fsp3) is 0.286. The molecule has 0 spiro atoms. The van der Waals surface area contributed by atoms with Crippen molar-refractivity contribution in [2.24, 2.45) is 0 Å². The number of thioether (sulfide) groups is 1. The van der Waals surface area contributed by atoms with E-state index in [0.717, 1.165) is 17.3 Å². The summed E-state index contributed by atoms with van der Waals surface area (Å²) in [5, 5.41) is 19.1. The van der Waals surface area contributed by atoms with E-state index in [0.29, 0.717) is 11.3 Å². The van der Waals surface area contributed by atoms with Crippen molar-refractivity contribution in [1.29, 1.82) is 0 Å². The molecule has 0 saturated carbocycles. The zero-order valence-corrected chi connectivity index (χ0v) is 12.7. The Balaban J connectivity index is 2.09. The Bertz CT molecular complexity index is 677. The first-order chi connectivity index (χ1) is 10.0. The second-order valence-corrected chi connectivity index (χ2v) is 5.32. The fourth-order valence-corrected chi connectivity index (χ4v) is 2.31. The van der Waals surface area contributed by atoms with Crippen LogP contribution in [0.1, 0.15) is 21.6 Å². The lowest BCUT2D eigenvalue weighted by Gasteiger charge is -2.09. The SMILES string of the molecule is COc1ccc(C)c(C(=O)CSc2nnc(C)c([O-])n2)c1. The van der Waals surface area contributed by atoms with Crippen LogP contribution in [0.2, 0.25) is 0 Å². The summed E-state index contributed by atoms with van der Waals surface area (Å²) >= 11 is 1.09. The second kappa shape index (κ2) is 6.53. The number of aromatic nitrogens is 3. The Morgan fingerprint density at radius 1 is 1.33 bits per heavy atom. The van der Waals surface area contributed by atoms with E-state index in [1.165, 1.54) is 0 Å². The third-order valence-corrected chi connectivity index (χ3v) is 3.71. The molecule has 0 atom stereocenters. The molecule has 0 radical (unpaired) electrons. The maximum Gasteiger partial charge on any atom is 0.208 e. The summed E-state index contributed by atoms with van der Waals surface area (Å²) in [4.78, 5) is 16.0. The molecule has 0 N–H and O–H groups in total. The average Bonchev–Trinajstić information content (AvgIpc) is 2.48. The Hall–Kier alpha value is -2.15. The number of ketones is 1. The van der Waals surface area contributed by atoms with Crippen molar-refractivity contribution in [1.82, 2.24) is 15.2 Å². The summed E-state index contributed by atoms with van der Waals surface area (Å²) < 4.78 is 5.12.